The van der Waals surface area contributed by atoms with Crippen molar-refractivity contribution in [3.63, 3.8) is 0 Å². The molecule has 0 saturated carbocycles. The van der Waals surface area contributed by atoms with E-state index >= 15 is 0 Å². The number of hydrogen-bond donors (Lipinski definition) is 1. The van der Waals surface area contributed by atoms with Crippen molar-refractivity contribution in [1.29, 1.82) is 0 Å². The van der Waals surface area contributed by atoms with Gasteiger partial charge < -0.3 is 4.90 Å². The van der Waals surface area contributed by atoms with Gasteiger partial charge in [0.15, 0.2) is 5.82 Å². The molecule has 0 spiro atoms. The Bertz CT molecular complexity index is 882. The lowest BCUT2D eigenvalue weighted by atomic mass is 9.95. The molecule has 2 aromatic heterocycles. The van der Waals surface area contributed by atoms with E-state index in [-0.39, 0.29) is 5.91 Å². The van der Waals surface area contributed by atoms with E-state index in [0.29, 0.717) is 11.5 Å². The minimum absolute atomic E-state index is 0.0745. The molecule has 1 saturated heterocycles. The van der Waals surface area contributed by atoms with Crippen LogP contribution in [-0.4, -0.2) is 49.0 Å². The first-order valence-corrected chi connectivity index (χ1v) is 8.74. The summed E-state index contributed by atoms with van der Waals surface area (Å²) in [7, 11) is 0. The number of H-pyrrole nitrogens is 1. The topological polar surface area (TPSA) is 87.7 Å². The van der Waals surface area contributed by atoms with Gasteiger partial charge in [0.25, 0.3) is 5.91 Å². The third kappa shape index (κ3) is 3.33. The lowest BCUT2D eigenvalue weighted by Crippen LogP contribution is -2.38. The Hall–Kier alpha value is -3.09. The maximum absolute atomic E-state index is 12.8. The lowest BCUT2D eigenvalue weighted by molar-refractivity contribution is 0.0711. The second kappa shape index (κ2) is 7.03. The predicted molar refractivity (Wildman–Crippen MR) is 96.5 cm³/mol. The van der Waals surface area contributed by atoms with Crippen molar-refractivity contribution in [2.45, 2.75) is 25.7 Å². The van der Waals surface area contributed by atoms with Crippen LogP contribution < -0.4 is 0 Å². The predicted octanol–water partition coefficient (Wildman–Crippen LogP) is 2.59. The van der Waals surface area contributed by atoms with Gasteiger partial charge in [0.05, 0.1) is 0 Å². The summed E-state index contributed by atoms with van der Waals surface area (Å²) < 4.78 is 0. The molecule has 0 aliphatic carbocycles. The van der Waals surface area contributed by atoms with Crippen LogP contribution in [0.2, 0.25) is 0 Å². The van der Waals surface area contributed by atoms with Gasteiger partial charge in [-0.3, -0.25) is 9.89 Å². The summed E-state index contributed by atoms with van der Waals surface area (Å²) in [5, 5.41) is 7.15. The fraction of sp³-hybridized carbons (Fsp3) is 0.316. The minimum atomic E-state index is 0.0745. The maximum Gasteiger partial charge on any atom is 0.253 e. The van der Waals surface area contributed by atoms with Crippen LogP contribution in [0.15, 0.2) is 43.0 Å². The van der Waals surface area contributed by atoms with Gasteiger partial charge in [-0.1, -0.05) is 12.1 Å². The Balaban J connectivity index is 1.40. The summed E-state index contributed by atoms with van der Waals surface area (Å²) in [5.41, 5.74) is 2.65. The van der Waals surface area contributed by atoms with Crippen molar-refractivity contribution in [3.8, 4) is 11.1 Å². The normalized spacial score (nSPS) is 15.2. The highest BCUT2D eigenvalue weighted by molar-refractivity contribution is 5.94. The average molecular weight is 348 g/mol. The Kier molecular flexibility index (Phi) is 4.43. The SMILES string of the molecule is Cc1nc(C2CCN(C(=O)c3ccc(-c4cncnc4)cc3)CC2)n[nH]1. The van der Waals surface area contributed by atoms with Crippen molar-refractivity contribution in [2.75, 3.05) is 13.1 Å². The van der Waals surface area contributed by atoms with Crippen LogP contribution in [-0.2, 0) is 0 Å². The number of carbonyl (C=O) groups is 1. The first kappa shape index (κ1) is 16.4. The van der Waals surface area contributed by atoms with E-state index in [1.54, 1.807) is 12.4 Å². The van der Waals surface area contributed by atoms with Crippen molar-refractivity contribution in [2.24, 2.45) is 0 Å². The van der Waals surface area contributed by atoms with Crippen molar-refractivity contribution in [3.05, 3.63) is 60.2 Å². The number of carbonyl (C=O) groups excluding carboxylic acids is 1. The van der Waals surface area contributed by atoms with Crippen LogP contribution in [0.3, 0.4) is 0 Å². The number of aromatic nitrogens is 5. The molecule has 0 unspecified atom stereocenters. The van der Waals surface area contributed by atoms with Crippen LogP contribution in [0, 0.1) is 6.92 Å². The number of benzene rings is 1. The standard InChI is InChI=1S/C19H20N6O/c1-13-22-18(24-23-13)15-6-8-25(9-7-15)19(26)16-4-2-14(3-5-16)17-10-20-12-21-11-17/h2-5,10-12,15H,6-9H2,1H3,(H,22,23,24). The molecule has 3 heterocycles. The second-order valence-corrected chi connectivity index (χ2v) is 6.55. The number of piperidine rings is 1. The van der Waals surface area contributed by atoms with E-state index in [4.69, 9.17) is 0 Å². The Morgan fingerprint density at radius 2 is 1.77 bits per heavy atom. The van der Waals surface area contributed by atoms with Gasteiger partial charge in [-0.15, -0.1) is 0 Å². The second-order valence-electron chi connectivity index (χ2n) is 6.55. The Labute approximate surface area is 151 Å². The van der Waals surface area contributed by atoms with Gasteiger partial charge >= 0.3 is 0 Å². The third-order valence-corrected chi connectivity index (χ3v) is 4.79. The molecule has 4 rings (SSSR count). The number of rotatable bonds is 3. The molecule has 1 amide bonds. The van der Waals surface area contributed by atoms with E-state index in [2.05, 4.69) is 25.1 Å². The number of amides is 1. The molecule has 3 aromatic rings. The lowest BCUT2D eigenvalue weighted by Gasteiger charge is -2.30. The smallest absolute Gasteiger partial charge is 0.253 e. The van der Waals surface area contributed by atoms with E-state index in [1.807, 2.05) is 36.1 Å². The summed E-state index contributed by atoms with van der Waals surface area (Å²) in [6, 6.07) is 7.62. The van der Waals surface area contributed by atoms with Crippen LogP contribution in [0.4, 0.5) is 0 Å². The molecule has 1 N–H and O–H groups in total. The van der Waals surface area contributed by atoms with Gasteiger partial charge in [0, 0.05) is 42.5 Å². The summed E-state index contributed by atoms with van der Waals surface area (Å²) in [4.78, 5) is 27.1. The third-order valence-electron chi connectivity index (χ3n) is 4.79. The zero-order valence-corrected chi connectivity index (χ0v) is 14.6. The number of likely N-dealkylation sites (tertiary alicyclic amines) is 1. The number of hydrogen-bond acceptors (Lipinski definition) is 5. The number of aromatic amines is 1. The van der Waals surface area contributed by atoms with Crippen molar-refractivity contribution >= 4 is 5.91 Å². The van der Waals surface area contributed by atoms with Gasteiger partial charge in [0.2, 0.25) is 0 Å². The van der Waals surface area contributed by atoms with Gasteiger partial charge in [-0.2, -0.15) is 5.10 Å². The van der Waals surface area contributed by atoms with Gasteiger partial charge in [0.1, 0.15) is 12.2 Å². The highest BCUT2D eigenvalue weighted by Crippen LogP contribution is 2.26. The van der Waals surface area contributed by atoms with E-state index in [0.717, 1.165) is 48.7 Å². The van der Waals surface area contributed by atoms with Crippen LogP contribution in [0.1, 0.15) is 40.8 Å². The summed E-state index contributed by atoms with van der Waals surface area (Å²) >= 11 is 0. The molecule has 7 heteroatoms. The summed E-state index contributed by atoms with van der Waals surface area (Å²) in [6.45, 7) is 3.36. The molecular formula is C19H20N6O. The van der Waals surface area contributed by atoms with E-state index in [1.165, 1.54) is 6.33 Å². The highest BCUT2D eigenvalue weighted by atomic mass is 16.2. The number of aryl methyl sites for hydroxylation is 1. The molecule has 0 radical (unpaired) electrons. The van der Waals surface area contributed by atoms with Crippen molar-refractivity contribution in [1.82, 2.24) is 30.0 Å². The van der Waals surface area contributed by atoms with Crippen LogP contribution >= 0.6 is 0 Å². The first-order valence-electron chi connectivity index (χ1n) is 8.74. The number of nitrogens with one attached hydrogen (secondary N) is 1. The molecule has 0 atom stereocenters. The Morgan fingerprint density at radius 3 is 2.38 bits per heavy atom. The Morgan fingerprint density at radius 1 is 1.08 bits per heavy atom. The average Bonchev–Trinajstić information content (AvgIpc) is 3.15. The molecule has 1 aliphatic heterocycles. The molecular weight excluding hydrogens is 328 g/mol. The quantitative estimate of drug-likeness (QED) is 0.786. The van der Waals surface area contributed by atoms with Crippen LogP contribution in [0.5, 0.6) is 0 Å². The largest absolute Gasteiger partial charge is 0.339 e. The van der Waals surface area contributed by atoms with Crippen LogP contribution in [0.25, 0.3) is 11.1 Å². The zero-order chi connectivity index (χ0) is 17.9. The first-order chi connectivity index (χ1) is 12.7. The highest BCUT2D eigenvalue weighted by Gasteiger charge is 2.26. The van der Waals surface area contributed by atoms with E-state index < -0.39 is 0 Å². The fourth-order valence-corrected chi connectivity index (χ4v) is 3.32. The summed E-state index contributed by atoms with van der Waals surface area (Å²) in [5.74, 6) is 2.10. The van der Waals surface area contributed by atoms with Crippen molar-refractivity contribution < 1.29 is 4.79 Å². The fourth-order valence-electron chi connectivity index (χ4n) is 3.32. The molecule has 7 nitrogen and oxygen atoms in total. The minimum Gasteiger partial charge on any atom is -0.339 e. The van der Waals surface area contributed by atoms with E-state index in [9.17, 15) is 4.79 Å². The molecule has 0 bridgehead atoms. The molecule has 1 aliphatic rings. The molecule has 132 valence electrons. The number of nitrogens with zero attached hydrogens (tertiary/aromatic N) is 5. The summed E-state index contributed by atoms with van der Waals surface area (Å²) in [6.07, 6.45) is 6.81. The maximum atomic E-state index is 12.8. The molecule has 1 aromatic carbocycles. The van der Waals surface area contributed by atoms with Gasteiger partial charge in [-0.25, -0.2) is 15.0 Å². The molecule has 26 heavy (non-hydrogen) atoms. The van der Waals surface area contributed by atoms with Gasteiger partial charge in [-0.05, 0) is 37.5 Å². The monoisotopic (exact) mass is 348 g/mol. The molecule has 1 fully saturated rings. The zero-order valence-electron chi connectivity index (χ0n) is 14.6.